The molecule has 3 heteroatoms. The van der Waals surface area contributed by atoms with Gasteiger partial charge in [-0.25, -0.2) is 0 Å². The predicted octanol–water partition coefficient (Wildman–Crippen LogP) is 4.74. The zero-order valence-corrected chi connectivity index (χ0v) is 13.9. The summed E-state index contributed by atoms with van der Waals surface area (Å²) in [7, 11) is 1.67. The van der Waals surface area contributed by atoms with E-state index in [1.54, 1.807) is 7.11 Å². The van der Waals surface area contributed by atoms with Gasteiger partial charge in [0.2, 0.25) is 0 Å². The standard InChI is InChI=1S/C16H21IO2/c1-5-12(2)16(10-13(3)17)19-11-14-6-8-15(18-4)9-7-14/h5-10,12,16H,1,11H2,2-4H3/b13-10+/t12-,16-/m0/s1. The van der Waals surface area contributed by atoms with Crippen LogP contribution in [0.15, 0.2) is 46.6 Å². The highest BCUT2D eigenvalue weighted by atomic mass is 127. The summed E-state index contributed by atoms with van der Waals surface area (Å²) in [6, 6.07) is 7.94. The summed E-state index contributed by atoms with van der Waals surface area (Å²) in [6.45, 7) is 8.61. The van der Waals surface area contributed by atoms with E-state index in [1.807, 2.05) is 30.3 Å². The Labute approximate surface area is 129 Å². The van der Waals surface area contributed by atoms with Gasteiger partial charge in [0.1, 0.15) is 5.75 Å². The smallest absolute Gasteiger partial charge is 0.118 e. The molecule has 1 aromatic carbocycles. The summed E-state index contributed by atoms with van der Waals surface area (Å²) < 4.78 is 12.3. The van der Waals surface area contributed by atoms with Crippen LogP contribution in [0.4, 0.5) is 0 Å². The topological polar surface area (TPSA) is 18.5 Å². The largest absolute Gasteiger partial charge is 0.497 e. The van der Waals surface area contributed by atoms with E-state index in [2.05, 4.69) is 49.1 Å². The Bertz CT molecular complexity index is 419. The number of rotatable bonds is 7. The fraction of sp³-hybridized carbons (Fsp3) is 0.375. The first kappa shape index (κ1) is 16.2. The van der Waals surface area contributed by atoms with Gasteiger partial charge >= 0.3 is 0 Å². The van der Waals surface area contributed by atoms with Crippen LogP contribution in [0.1, 0.15) is 19.4 Å². The minimum Gasteiger partial charge on any atom is -0.497 e. The molecular weight excluding hydrogens is 351 g/mol. The van der Waals surface area contributed by atoms with Crippen LogP contribution >= 0.6 is 22.6 Å². The molecule has 0 radical (unpaired) electrons. The summed E-state index contributed by atoms with van der Waals surface area (Å²) in [4.78, 5) is 0. The SMILES string of the molecule is C=C[C@H](C)[C@H](/C=C(\C)I)OCc1ccc(OC)cc1. The van der Waals surface area contributed by atoms with Crippen LogP contribution in [-0.4, -0.2) is 13.2 Å². The minimum atomic E-state index is 0.0662. The molecule has 0 amide bonds. The lowest BCUT2D eigenvalue weighted by atomic mass is 10.0. The van der Waals surface area contributed by atoms with Gasteiger partial charge in [-0.2, -0.15) is 0 Å². The van der Waals surface area contributed by atoms with Crippen molar-refractivity contribution in [3.05, 3.63) is 52.1 Å². The molecule has 0 saturated carbocycles. The van der Waals surface area contributed by atoms with Crippen molar-refractivity contribution in [3.63, 3.8) is 0 Å². The van der Waals surface area contributed by atoms with Gasteiger partial charge < -0.3 is 9.47 Å². The lowest BCUT2D eigenvalue weighted by molar-refractivity contribution is 0.0500. The fourth-order valence-corrected chi connectivity index (χ4v) is 1.98. The molecule has 0 unspecified atom stereocenters. The van der Waals surface area contributed by atoms with Crippen LogP contribution < -0.4 is 4.74 Å². The van der Waals surface area contributed by atoms with Gasteiger partial charge in [0.15, 0.2) is 0 Å². The molecule has 0 fully saturated rings. The molecule has 2 nitrogen and oxygen atoms in total. The van der Waals surface area contributed by atoms with Crippen molar-refractivity contribution in [3.8, 4) is 5.75 Å². The van der Waals surface area contributed by atoms with Crippen molar-refractivity contribution in [1.82, 2.24) is 0 Å². The van der Waals surface area contributed by atoms with Crippen molar-refractivity contribution in [2.24, 2.45) is 5.92 Å². The van der Waals surface area contributed by atoms with Crippen LogP contribution in [0, 0.1) is 5.92 Å². The average molecular weight is 372 g/mol. The number of hydrogen-bond donors (Lipinski definition) is 0. The van der Waals surface area contributed by atoms with E-state index in [1.165, 1.54) is 3.58 Å². The van der Waals surface area contributed by atoms with Gasteiger partial charge in [-0.1, -0.05) is 25.1 Å². The normalized spacial score (nSPS) is 14.8. The Balaban J connectivity index is 2.64. The molecule has 0 bridgehead atoms. The van der Waals surface area contributed by atoms with E-state index in [0.29, 0.717) is 12.5 Å². The minimum absolute atomic E-state index is 0.0662. The zero-order valence-electron chi connectivity index (χ0n) is 11.7. The first-order valence-corrected chi connectivity index (χ1v) is 7.35. The Morgan fingerprint density at radius 3 is 2.47 bits per heavy atom. The Kier molecular flexibility index (Phi) is 7.16. The third kappa shape index (κ3) is 5.78. The molecule has 0 aromatic heterocycles. The Morgan fingerprint density at radius 2 is 2.00 bits per heavy atom. The van der Waals surface area contributed by atoms with E-state index in [4.69, 9.17) is 9.47 Å². The summed E-state index contributed by atoms with van der Waals surface area (Å²) in [5.41, 5.74) is 1.14. The van der Waals surface area contributed by atoms with Crippen LogP contribution in [0.3, 0.4) is 0 Å². The van der Waals surface area contributed by atoms with E-state index in [9.17, 15) is 0 Å². The van der Waals surface area contributed by atoms with Crippen molar-refractivity contribution in [2.75, 3.05) is 7.11 Å². The molecule has 0 aliphatic rings. The van der Waals surface area contributed by atoms with Gasteiger partial charge in [-0.15, -0.1) is 6.58 Å². The van der Waals surface area contributed by atoms with Gasteiger partial charge in [0, 0.05) is 5.92 Å². The van der Waals surface area contributed by atoms with Crippen molar-refractivity contribution in [2.45, 2.75) is 26.6 Å². The molecule has 1 aromatic rings. The third-order valence-electron chi connectivity index (χ3n) is 2.89. The second-order valence-electron chi connectivity index (χ2n) is 4.47. The highest BCUT2D eigenvalue weighted by Gasteiger charge is 2.12. The maximum atomic E-state index is 5.97. The van der Waals surface area contributed by atoms with Crippen LogP contribution in [0.25, 0.3) is 0 Å². The van der Waals surface area contributed by atoms with Crippen molar-refractivity contribution >= 4 is 22.6 Å². The monoisotopic (exact) mass is 372 g/mol. The molecule has 0 aliphatic heterocycles. The highest BCUT2D eigenvalue weighted by molar-refractivity contribution is 14.1. The second-order valence-corrected chi connectivity index (χ2v) is 6.17. The number of methoxy groups -OCH3 is 1. The molecule has 2 atom stereocenters. The van der Waals surface area contributed by atoms with Gasteiger partial charge in [-0.05, 0) is 56.9 Å². The maximum absolute atomic E-state index is 5.97. The van der Waals surface area contributed by atoms with Gasteiger partial charge in [0.25, 0.3) is 0 Å². The number of allylic oxidation sites excluding steroid dienone is 1. The maximum Gasteiger partial charge on any atom is 0.118 e. The molecule has 0 saturated heterocycles. The predicted molar refractivity (Wildman–Crippen MR) is 88.7 cm³/mol. The van der Waals surface area contributed by atoms with Crippen LogP contribution in [0.5, 0.6) is 5.75 Å². The van der Waals surface area contributed by atoms with E-state index in [-0.39, 0.29) is 6.10 Å². The molecule has 19 heavy (non-hydrogen) atoms. The lowest BCUT2D eigenvalue weighted by Gasteiger charge is -2.19. The molecule has 104 valence electrons. The third-order valence-corrected chi connectivity index (χ3v) is 3.25. The lowest BCUT2D eigenvalue weighted by Crippen LogP contribution is -2.18. The number of hydrogen-bond acceptors (Lipinski definition) is 2. The molecule has 1 rings (SSSR count). The molecule has 0 N–H and O–H groups in total. The molecular formula is C16H21IO2. The van der Waals surface area contributed by atoms with Crippen LogP contribution in [-0.2, 0) is 11.3 Å². The Morgan fingerprint density at radius 1 is 1.37 bits per heavy atom. The quantitative estimate of drug-likeness (QED) is 0.508. The average Bonchev–Trinajstić information content (AvgIpc) is 2.42. The fourth-order valence-electron chi connectivity index (χ4n) is 1.63. The summed E-state index contributed by atoms with van der Waals surface area (Å²) >= 11 is 2.30. The van der Waals surface area contributed by atoms with E-state index in [0.717, 1.165) is 11.3 Å². The van der Waals surface area contributed by atoms with Gasteiger partial charge in [0.05, 0.1) is 19.8 Å². The molecule has 0 spiro atoms. The number of ether oxygens (including phenoxy) is 2. The second kappa shape index (κ2) is 8.38. The number of benzene rings is 1. The van der Waals surface area contributed by atoms with Crippen molar-refractivity contribution in [1.29, 1.82) is 0 Å². The van der Waals surface area contributed by atoms with Crippen molar-refractivity contribution < 1.29 is 9.47 Å². The number of halogens is 1. The molecule has 0 aliphatic carbocycles. The van der Waals surface area contributed by atoms with E-state index < -0.39 is 0 Å². The first-order valence-electron chi connectivity index (χ1n) is 6.27. The highest BCUT2D eigenvalue weighted by Crippen LogP contribution is 2.18. The van der Waals surface area contributed by atoms with Crippen LogP contribution in [0.2, 0.25) is 0 Å². The summed E-state index contributed by atoms with van der Waals surface area (Å²) in [5.74, 6) is 1.16. The summed E-state index contributed by atoms with van der Waals surface area (Å²) in [6.07, 6.45) is 4.13. The Hall–Kier alpha value is -0.810. The van der Waals surface area contributed by atoms with E-state index >= 15 is 0 Å². The first-order chi connectivity index (χ1) is 9.06. The molecule has 0 heterocycles. The zero-order chi connectivity index (χ0) is 14.3. The summed E-state index contributed by atoms with van der Waals surface area (Å²) in [5, 5.41) is 0. The van der Waals surface area contributed by atoms with Gasteiger partial charge in [-0.3, -0.25) is 0 Å².